The van der Waals surface area contributed by atoms with Gasteiger partial charge in [0.15, 0.2) is 0 Å². The monoisotopic (exact) mass is 372 g/mol. The number of benzene rings is 3. The summed E-state index contributed by atoms with van der Waals surface area (Å²) in [6.07, 6.45) is -0.771. The number of halogens is 1. The highest BCUT2D eigenvalue weighted by atomic mass is 79.9. The summed E-state index contributed by atoms with van der Waals surface area (Å²) in [5.74, 6) is 0.404. The van der Waals surface area contributed by atoms with E-state index in [0.717, 1.165) is 10.0 Å². The van der Waals surface area contributed by atoms with Gasteiger partial charge in [0.2, 0.25) is 0 Å². The van der Waals surface area contributed by atoms with Crippen molar-refractivity contribution in [3.05, 3.63) is 94.5 Å². The molecule has 1 atom stereocenters. The summed E-state index contributed by atoms with van der Waals surface area (Å²) in [7, 11) is 0. The van der Waals surface area contributed by atoms with Crippen LogP contribution >= 0.6 is 15.9 Å². The first-order valence-corrected chi connectivity index (χ1v) is 7.83. The molecule has 0 heterocycles. The number of aromatic hydroxyl groups is 2. The van der Waals surface area contributed by atoms with Crippen LogP contribution in [-0.4, -0.2) is 15.3 Å². The van der Waals surface area contributed by atoms with Crippen LogP contribution in [0.4, 0.5) is 0 Å². The van der Waals surface area contributed by atoms with Crippen molar-refractivity contribution < 1.29 is 15.3 Å². The predicted molar refractivity (Wildman–Crippen MR) is 94.4 cm³/mol. The topological polar surface area (TPSA) is 60.7 Å². The zero-order chi connectivity index (χ0) is 16.7. The van der Waals surface area contributed by atoms with Crippen molar-refractivity contribution in [2.75, 3.05) is 0 Å². The summed E-state index contributed by atoms with van der Waals surface area (Å²) in [5, 5.41) is 28.5. The third-order valence-electron chi connectivity index (χ3n) is 3.20. The number of hydrogen-bond donors (Lipinski definition) is 3. The van der Waals surface area contributed by atoms with Crippen LogP contribution in [0.3, 0.4) is 0 Å². The molecule has 0 aliphatic heterocycles. The maximum atomic E-state index is 10.0. The summed E-state index contributed by atoms with van der Waals surface area (Å²) in [5.41, 5.74) is 1.31. The van der Waals surface area contributed by atoms with Crippen LogP contribution in [-0.2, 0) is 0 Å². The Labute approximate surface area is 143 Å². The first kappa shape index (κ1) is 17.1. The van der Waals surface area contributed by atoms with E-state index in [4.69, 9.17) is 5.11 Å². The maximum Gasteiger partial charge on any atom is 0.129 e. The average Bonchev–Trinajstić information content (AvgIpc) is 2.59. The number of hydrogen-bond acceptors (Lipinski definition) is 3. The zero-order valence-corrected chi connectivity index (χ0v) is 13.9. The highest BCUT2D eigenvalue weighted by molar-refractivity contribution is 9.10. The van der Waals surface area contributed by atoms with Gasteiger partial charge in [0.25, 0.3) is 0 Å². The lowest BCUT2D eigenvalue weighted by Crippen LogP contribution is -1.99. The molecule has 4 heteroatoms. The van der Waals surface area contributed by atoms with E-state index < -0.39 is 6.10 Å². The van der Waals surface area contributed by atoms with Crippen molar-refractivity contribution in [1.29, 1.82) is 0 Å². The van der Waals surface area contributed by atoms with E-state index in [9.17, 15) is 10.2 Å². The van der Waals surface area contributed by atoms with Gasteiger partial charge < -0.3 is 15.3 Å². The van der Waals surface area contributed by atoms with E-state index in [-0.39, 0.29) is 11.5 Å². The molecule has 3 aromatic carbocycles. The number of rotatable bonds is 2. The lowest BCUT2D eigenvalue weighted by Gasteiger charge is -2.12. The van der Waals surface area contributed by atoms with Crippen molar-refractivity contribution in [1.82, 2.24) is 0 Å². The summed E-state index contributed by atoms with van der Waals surface area (Å²) >= 11 is 3.15. The van der Waals surface area contributed by atoms with Crippen LogP contribution in [0.25, 0.3) is 0 Å². The Hall–Kier alpha value is -2.30. The molecule has 3 N–H and O–H groups in total. The largest absolute Gasteiger partial charge is 0.508 e. The Balaban J connectivity index is 0.000000203. The number of phenols is 2. The molecule has 0 radical (unpaired) electrons. The fourth-order valence-corrected chi connectivity index (χ4v) is 2.27. The fraction of sp³-hybridized carbons (Fsp3) is 0.0526. The van der Waals surface area contributed by atoms with E-state index in [2.05, 4.69) is 15.9 Å². The van der Waals surface area contributed by atoms with Crippen molar-refractivity contribution in [3.63, 3.8) is 0 Å². The molecule has 0 fully saturated rings. The summed E-state index contributed by atoms with van der Waals surface area (Å²) < 4.78 is 0.736. The van der Waals surface area contributed by atoms with Crippen LogP contribution in [0, 0.1) is 0 Å². The summed E-state index contributed by atoms with van der Waals surface area (Å²) in [6, 6.07) is 23.1. The first-order chi connectivity index (χ1) is 11.1. The van der Waals surface area contributed by atoms with Gasteiger partial charge in [-0.25, -0.2) is 0 Å². The molecule has 3 nitrogen and oxygen atoms in total. The lowest BCUT2D eigenvalue weighted by atomic mass is 10.0. The molecule has 3 aromatic rings. The van der Waals surface area contributed by atoms with Crippen LogP contribution in [0.1, 0.15) is 17.2 Å². The Morgan fingerprint density at radius 2 is 1.17 bits per heavy atom. The van der Waals surface area contributed by atoms with Crippen molar-refractivity contribution >= 4 is 15.9 Å². The molecule has 0 aliphatic rings. The third-order valence-corrected chi connectivity index (χ3v) is 3.87. The van der Waals surface area contributed by atoms with Gasteiger partial charge in [-0.2, -0.15) is 0 Å². The Morgan fingerprint density at radius 3 is 1.70 bits per heavy atom. The first-order valence-electron chi connectivity index (χ1n) is 7.04. The quantitative estimate of drug-likeness (QED) is 0.614. The maximum absolute atomic E-state index is 10.0. The standard InChI is InChI=1S/C13H12O2.C6H5BrO/c14-12-9-5-4-8-11(12)13(15)10-6-2-1-3-7-10;7-5-3-1-2-4-6(5)8/h1-9,13-15H;1-4,8H. The van der Waals surface area contributed by atoms with Crippen LogP contribution in [0.2, 0.25) is 0 Å². The van der Waals surface area contributed by atoms with Crippen molar-refractivity contribution in [3.8, 4) is 11.5 Å². The Kier molecular flexibility index (Phi) is 6.20. The van der Waals surface area contributed by atoms with Gasteiger partial charge >= 0.3 is 0 Å². The van der Waals surface area contributed by atoms with E-state index >= 15 is 0 Å². The molecule has 118 valence electrons. The fourth-order valence-electron chi connectivity index (χ4n) is 1.99. The number of phenolic OH excluding ortho intramolecular Hbond substituents is 2. The summed E-state index contributed by atoms with van der Waals surface area (Å²) in [6.45, 7) is 0. The van der Waals surface area contributed by atoms with E-state index in [1.54, 1.807) is 42.5 Å². The molecule has 1 unspecified atom stereocenters. The summed E-state index contributed by atoms with van der Waals surface area (Å²) in [4.78, 5) is 0. The minimum Gasteiger partial charge on any atom is -0.508 e. The lowest BCUT2D eigenvalue weighted by molar-refractivity contribution is 0.215. The molecule has 0 saturated carbocycles. The minimum absolute atomic E-state index is 0.119. The number of para-hydroxylation sites is 2. The Morgan fingerprint density at radius 1 is 0.652 bits per heavy atom. The minimum atomic E-state index is -0.771. The number of aliphatic hydroxyl groups excluding tert-OH is 1. The van der Waals surface area contributed by atoms with Gasteiger partial charge in [-0.15, -0.1) is 0 Å². The molecule has 0 saturated heterocycles. The highest BCUT2D eigenvalue weighted by Gasteiger charge is 2.12. The normalized spacial score (nSPS) is 11.2. The molecule has 0 spiro atoms. The van der Waals surface area contributed by atoms with Gasteiger partial charge in [0, 0.05) is 5.56 Å². The van der Waals surface area contributed by atoms with Gasteiger partial charge in [-0.05, 0) is 39.7 Å². The van der Waals surface area contributed by atoms with E-state index in [0.29, 0.717) is 5.56 Å². The van der Waals surface area contributed by atoms with Crippen LogP contribution in [0.5, 0.6) is 11.5 Å². The highest BCUT2D eigenvalue weighted by Crippen LogP contribution is 2.28. The second-order valence-electron chi connectivity index (χ2n) is 4.82. The zero-order valence-electron chi connectivity index (χ0n) is 12.3. The van der Waals surface area contributed by atoms with Gasteiger partial charge in [0.1, 0.15) is 17.6 Å². The average molecular weight is 373 g/mol. The van der Waals surface area contributed by atoms with Gasteiger partial charge in [-0.3, -0.25) is 0 Å². The van der Waals surface area contributed by atoms with E-state index in [1.165, 1.54) is 0 Å². The van der Waals surface area contributed by atoms with Gasteiger partial charge in [0.05, 0.1) is 4.47 Å². The van der Waals surface area contributed by atoms with Crippen molar-refractivity contribution in [2.24, 2.45) is 0 Å². The van der Waals surface area contributed by atoms with Crippen LogP contribution in [0.15, 0.2) is 83.3 Å². The van der Waals surface area contributed by atoms with Crippen molar-refractivity contribution in [2.45, 2.75) is 6.10 Å². The smallest absolute Gasteiger partial charge is 0.129 e. The molecule has 23 heavy (non-hydrogen) atoms. The molecular formula is C19H17BrO3. The predicted octanol–water partition coefficient (Wildman–Crippen LogP) is 4.63. The third kappa shape index (κ3) is 4.84. The second-order valence-corrected chi connectivity index (χ2v) is 5.68. The molecule has 0 amide bonds. The number of aliphatic hydroxyl groups is 1. The van der Waals surface area contributed by atoms with Gasteiger partial charge in [-0.1, -0.05) is 60.7 Å². The SMILES string of the molecule is Oc1ccccc1Br.Oc1ccccc1C(O)c1ccccc1. The molecule has 0 aromatic heterocycles. The van der Waals surface area contributed by atoms with Crippen LogP contribution < -0.4 is 0 Å². The Bertz CT molecular complexity index is 723. The van der Waals surface area contributed by atoms with E-state index in [1.807, 2.05) is 36.4 Å². The molecular weight excluding hydrogens is 356 g/mol. The molecule has 3 rings (SSSR count). The second kappa shape index (κ2) is 8.36. The molecule has 0 bridgehead atoms. The molecule has 0 aliphatic carbocycles.